The summed E-state index contributed by atoms with van der Waals surface area (Å²) in [6, 6.07) is 19.6. The molecule has 3 aromatic heterocycles. The molecule has 0 fully saturated rings. The third-order valence-electron chi connectivity index (χ3n) is 8.82. The molecule has 0 atom stereocenters. The van der Waals surface area contributed by atoms with E-state index >= 15 is 0 Å². The van der Waals surface area contributed by atoms with Gasteiger partial charge in [0, 0.05) is 43.8 Å². The van der Waals surface area contributed by atoms with Gasteiger partial charge in [0.15, 0.2) is 23.3 Å². The first-order valence-corrected chi connectivity index (χ1v) is 21.1. The summed E-state index contributed by atoms with van der Waals surface area (Å²) in [6.07, 6.45) is 0. The molecule has 0 amide bonds. The van der Waals surface area contributed by atoms with Gasteiger partial charge >= 0.3 is 152 Å². The van der Waals surface area contributed by atoms with Gasteiger partial charge in [-0.3, -0.25) is 0 Å². The summed E-state index contributed by atoms with van der Waals surface area (Å²) < 4.78 is 154. The maximum absolute atomic E-state index is 13.0. The molecule has 2 radical (unpaired) electrons. The number of nitrogens with zero attached hydrogens (tertiary/aromatic N) is 6. The van der Waals surface area contributed by atoms with E-state index in [1.54, 1.807) is 60.7 Å². The van der Waals surface area contributed by atoms with Gasteiger partial charge in [0.2, 0.25) is 0 Å². The molecule has 2 aliphatic rings. The van der Waals surface area contributed by atoms with Crippen LogP contribution in [0.3, 0.4) is 0 Å². The van der Waals surface area contributed by atoms with Crippen molar-refractivity contribution in [1.82, 2.24) is 39.9 Å². The Labute approximate surface area is 459 Å². The second kappa shape index (κ2) is 19.6. The zero-order valence-corrected chi connectivity index (χ0v) is 32.9. The molecule has 0 unspecified atom stereocenters. The van der Waals surface area contributed by atoms with Crippen LogP contribution in [0.15, 0.2) is 92.4 Å². The summed E-state index contributed by atoms with van der Waals surface area (Å²) >= 11 is 0. The number of hydrogen-bond acceptors (Lipinski definition) is 18. The van der Waals surface area contributed by atoms with Crippen LogP contribution in [0.2, 0.25) is 0 Å². The third kappa shape index (κ3) is 9.54. The monoisotopic (exact) mass is 1050 g/mol. The van der Waals surface area contributed by atoms with Crippen LogP contribution in [0.25, 0.3) is 89.7 Å². The average molecular weight is 1050 g/mol. The SMILES string of the molecule is O=S(=O)([O-])c1c(S(=O)(=O)[O-])c(S(=O)(=O)[O-])c2c3nc4nc(nc5[nH]c(nc6nc(nc([nH]3)c2c1S(=O)(=O)[O-])-c1ccccc1-6)c1ccccc51)-c1ccccc1-4.[Cu+2].[Cu+2].[NaH].[NaH].[NaH].[NaH]. The molecule has 308 valence electrons. The average Bonchev–Trinajstić information content (AvgIpc) is 3.84. The molecule has 0 aliphatic carbocycles. The Hall–Kier alpha value is -1.08. The molecule has 8 bridgehead atoms. The van der Waals surface area contributed by atoms with Crippen LogP contribution in [0.4, 0.5) is 0 Å². The summed E-state index contributed by atoms with van der Waals surface area (Å²) in [7, 11) is -26.0. The minimum atomic E-state index is -6.60. The van der Waals surface area contributed by atoms with Crippen molar-refractivity contribution in [2.75, 3.05) is 0 Å². The minimum absolute atomic E-state index is 0. The van der Waals surface area contributed by atoms with Crippen LogP contribution in [0.5, 0.6) is 0 Å². The Bertz CT molecular complexity index is 3410. The van der Waals surface area contributed by atoms with E-state index in [1.165, 1.54) is 12.1 Å². The molecule has 7 aromatic rings. The van der Waals surface area contributed by atoms with E-state index < -0.39 is 82.1 Å². The Morgan fingerprint density at radius 1 is 0.355 bits per heavy atom. The molecule has 20 nitrogen and oxygen atoms in total. The second-order valence-corrected chi connectivity index (χ2v) is 17.4. The Morgan fingerprint density at radius 3 is 0.871 bits per heavy atom. The molecule has 2 aliphatic heterocycles. The van der Waals surface area contributed by atoms with E-state index in [9.17, 15) is 51.9 Å². The summed E-state index contributed by atoms with van der Waals surface area (Å²) in [5.41, 5.74) is -0.283. The van der Waals surface area contributed by atoms with Gasteiger partial charge in [-0.15, -0.1) is 0 Å². The second-order valence-electron chi connectivity index (χ2n) is 12.1. The van der Waals surface area contributed by atoms with E-state index in [2.05, 4.69) is 29.9 Å². The molecule has 0 spiro atoms. The molecular weight excluding hydrogens is 1040 g/mol. The number of rotatable bonds is 4. The van der Waals surface area contributed by atoms with Crippen molar-refractivity contribution in [2.24, 2.45) is 0 Å². The molecule has 2 N–H and O–H groups in total. The van der Waals surface area contributed by atoms with E-state index in [4.69, 9.17) is 9.97 Å². The van der Waals surface area contributed by atoms with Gasteiger partial charge in [0.05, 0.1) is 19.6 Å². The van der Waals surface area contributed by atoms with Crippen molar-refractivity contribution in [3.8, 4) is 45.6 Å². The van der Waals surface area contributed by atoms with Crippen molar-refractivity contribution >= 4 is 203 Å². The summed E-state index contributed by atoms with van der Waals surface area (Å²) in [6.45, 7) is 0. The number of aromatic nitrogens is 8. The molecule has 0 saturated heterocycles. The zero-order valence-electron chi connectivity index (χ0n) is 27.7. The molecule has 5 heterocycles. The van der Waals surface area contributed by atoms with Gasteiger partial charge in [-0.05, 0) is 0 Å². The summed E-state index contributed by atoms with van der Waals surface area (Å²) in [4.78, 5) is 23.0. The maximum atomic E-state index is 13.0. The van der Waals surface area contributed by atoms with Crippen molar-refractivity contribution in [3.63, 3.8) is 0 Å². The van der Waals surface area contributed by atoms with Crippen molar-refractivity contribution in [3.05, 3.63) is 72.8 Å². The topological polar surface area (TPSA) is 338 Å². The summed E-state index contributed by atoms with van der Waals surface area (Å²) in [5.74, 6) is -0.637. The number of H-pyrrole nitrogens is 2. The molecular formula is C32H18Cu2N8Na4O12S4. The van der Waals surface area contributed by atoms with Crippen molar-refractivity contribution in [1.29, 1.82) is 0 Å². The number of hydrogen-bond donors (Lipinski definition) is 2. The first-order chi connectivity index (χ1) is 26.3. The van der Waals surface area contributed by atoms with Gasteiger partial charge in [-0.1, -0.05) is 72.8 Å². The van der Waals surface area contributed by atoms with E-state index in [-0.39, 0.29) is 198 Å². The van der Waals surface area contributed by atoms with Gasteiger partial charge in [-0.25, -0.2) is 63.6 Å². The number of aromatic amines is 2. The van der Waals surface area contributed by atoms with Crippen LogP contribution in [-0.2, 0) is 74.6 Å². The Kier molecular flexibility index (Phi) is 17.5. The predicted molar refractivity (Wildman–Crippen MR) is 217 cm³/mol. The van der Waals surface area contributed by atoms with Crippen LogP contribution in [-0.4, -0.2) is 210 Å². The normalized spacial score (nSPS) is 11.9. The number of benzene rings is 4. The first kappa shape index (κ1) is 55.2. The fourth-order valence-corrected chi connectivity index (χ4v) is 11.6. The molecule has 0 saturated carbocycles. The predicted octanol–water partition coefficient (Wildman–Crippen LogP) is -0.113. The van der Waals surface area contributed by atoms with Crippen molar-refractivity contribution in [2.45, 2.75) is 19.6 Å². The molecule has 9 rings (SSSR count). The number of nitrogens with one attached hydrogen (secondary N) is 2. The molecule has 4 aromatic carbocycles. The van der Waals surface area contributed by atoms with E-state index in [0.29, 0.717) is 21.9 Å². The van der Waals surface area contributed by atoms with Crippen LogP contribution < -0.4 is 0 Å². The number of fused-ring (bicyclic) bond motifs is 20. The fourth-order valence-electron chi connectivity index (χ4n) is 6.72. The standard InChI is InChI=1S/C32H18N8O12S4.2Cu.4Na.4H/c41-53(42,43)21-19-20(22(54(44,45)46)24(56(50,51)52)23(21)55(47,48)49)32-39-30-18-12-6-4-10-16(18)28(37-30)35-26-14-8-2-1-7-13(14)25(33-26)34-27-15-9-3-5-11-17(15)29(36-27)38-31(19)40-32;;;;;;;;;;/h1-12H,(H,41,42,43)(H,44,45,46)(H,47,48,49)(H,50,51,52)(H2,33,34,35,36,37,38,39,40);;;;;;;;;;/q;2*+2;;;;;;;;/p-4. The van der Waals surface area contributed by atoms with E-state index in [1.807, 2.05) is 0 Å². The van der Waals surface area contributed by atoms with Gasteiger partial charge in [0.1, 0.15) is 63.1 Å². The van der Waals surface area contributed by atoms with Crippen LogP contribution in [0, 0.1) is 0 Å². The molecule has 62 heavy (non-hydrogen) atoms. The van der Waals surface area contributed by atoms with Crippen LogP contribution in [0.1, 0.15) is 0 Å². The van der Waals surface area contributed by atoms with Crippen LogP contribution >= 0.6 is 0 Å². The Balaban J connectivity index is 0.00000171. The summed E-state index contributed by atoms with van der Waals surface area (Å²) in [5, 5.41) is -1.56. The third-order valence-corrected chi connectivity index (χ3v) is 12.8. The van der Waals surface area contributed by atoms with Gasteiger partial charge in [0.25, 0.3) is 0 Å². The van der Waals surface area contributed by atoms with Gasteiger partial charge in [-0.2, -0.15) is 0 Å². The first-order valence-electron chi connectivity index (χ1n) is 15.5. The zero-order chi connectivity index (χ0) is 39.7. The van der Waals surface area contributed by atoms with Gasteiger partial charge < -0.3 is 28.2 Å². The molecule has 30 heteroatoms. The van der Waals surface area contributed by atoms with Crippen molar-refractivity contribution < 1.29 is 86.0 Å². The van der Waals surface area contributed by atoms with E-state index in [0.717, 1.165) is 0 Å². The quantitative estimate of drug-likeness (QED) is 0.171. The Morgan fingerprint density at radius 2 is 0.597 bits per heavy atom. The fraction of sp³-hybridized carbons (Fsp3) is 0.